The third-order valence-electron chi connectivity index (χ3n) is 5.83. The van der Waals surface area contributed by atoms with Crippen molar-refractivity contribution in [2.24, 2.45) is 0 Å². The Morgan fingerprint density at radius 3 is 2.34 bits per heavy atom. The Morgan fingerprint density at radius 2 is 1.74 bits per heavy atom. The third-order valence-corrected chi connectivity index (χ3v) is 5.83. The predicted molar refractivity (Wildman–Crippen MR) is 123 cm³/mol. The van der Waals surface area contributed by atoms with Crippen LogP contribution in [0.25, 0.3) is 16.8 Å². The van der Waals surface area contributed by atoms with Crippen molar-refractivity contribution in [1.82, 2.24) is 19.5 Å². The molecule has 5 rings (SSSR count). The Morgan fingerprint density at radius 1 is 1.06 bits per heavy atom. The minimum absolute atomic E-state index is 0.426. The van der Waals surface area contributed by atoms with Crippen LogP contribution >= 0.6 is 0 Å². The number of halogens is 3. The number of hydrogen-bond acceptors (Lipinski definition) is 5. The summed E-state index contributed by atoms with van der Waals surface area (Å²) in [6.45, 7) is 4.98. The van der Waals surface area contributed by atoms with E-state index in [1.165, 1.54) is 5.56 Å². The molecule has 1 aliphatic rings. The monoisotopic (exact) mass is 486 g/mol. The van der Waals surface area contributed by atoms with Crippen molar-refractivity contribution in [2.75, 3.05) is 13.1 Å². The van der Waals surface area contributed by atoms with E-state index in [0.717, 1.165) is 61.0 Å². The van der Waals surface area contributed by atoms with E-state index in [1.54, 1.807) is 0 Å². The quantitative estimate of drug-likeness (QED) is 0.421. The average molecular weight is 486 g/mol. The number of carbonyl (C=O) groups is 1. The van der Waals surface area contributed by atoms with Crippen molar-refractivity contribution < 1.29 is 27.5 Å². The number of hydrogen-bond donors (Lipinski definition) is 1. The fourth-order valence-electron chi connectivity index (χ4n) is 4.01. The van der Waals surface area contributed by atoms with Crippen LogP contribution in [0.1, 0.15) is 36.1 Å². The number of likely N-dealkylation sites (tertiary alicyclic amines) is 1. The van der Waals surface area contributed by atoms with Crippen molar-refractivity contribution in [1.29, 1.82) is 0 Å². The number of aryl methyl sites for hydroxylation is 1. The van der Waals surface area contributed by atoms with Crippen LogP contribution in [0.5, 0.6) is 0 Å². The number of aromatic nitrogens is 3. The number of benzene rings is 1. The lowest BCUT2D eigenvalue weighted by atomic mass is 9.96. The topological polar surface area (TPSA) is 83.9 Å². The largest absolute Gasteiger partial charge is 0.490 e. The minimum atomic E-state index is -5.08. The highest BCUT2D eigenvalue weighted by Gasteiger charge is 2.38. The number of rotatable bonds is 4. The van der Waals surface area contributed by atoms with Crippen molar-refractivity contribution in [2.45, 2.75) is 38.4 Å². The van der Waals surface area contributed by atoms with Gasteiger partial charge in [0.1, 0.15) is 11.5 Å². The van der Waals surface area contributed by atoms with Gasteiger partial charge in [0.05, 0.1) is 6.54 Å². The number of carboxylic acids is 1. The molecule has 1 saturated heterocycles. The Balaban J connectivity index is 0.000000364. The molecule has 1 fully saturated rings. The number of nitrogens with zero attached hydrogens (tertiary/aromatic N) is 4. The lowest BCUT2D eigenvalue weighted by Gasteiger charge is -2.29. The molecule has 0 bridgehead atoms. The van der Waals surface area contributed by atoms with Crippen LogP contribution in [0.3, 0.4) is 0 Å². The summed E-state index contributed by atoms with van der Waals surface area (Å²) >= 11 is 0. The number of aliphatic carboxylic acids is 1. The van der Waals surface area contributed by atoms with E-state index in [0.29, 0.717) is 5.92 Å². The molecule has 4 heterocycles. The van der Waals surface area contributed by atoms with Gasteiger partial charge < -0.3 is 9.52 Å². The van der Waals surface area contributed by atoms with Crippen molar-refractivity contribution in [3.8, 4) is 11.1 Å². The van der Waals surface area contributed by atoms with Crippen LogP contribution in [-0.4, -0.2) is 49.8 Å². The summed E-state index contributed by atoms with van der Waals surface area (Å²) in [5.41, 5.74) is 3.28. The molecular formula is C25H25F3N4O3. The Hall–Kier alpha value is -3.66. The molecule has 0 aliphatic carbocycles. The predicted octanol–water partition coefficient (Wildman–Crippen LogP) is 5.31. The molecule has 0 saturated carbocycles. The van der Waals surface area contributed by atoms with Gasteiger partial charge in [-0.15, -0.1) is 0 Å². The van der Waals surface area contributed by atoms with E-state index in [4.69, 9.17) is 24.4 Å². The second-order valence-corrected chi connectivity index (χ2v) is 8.42. The Kier molecular flexibility index (Phi) is 7.20. The third kappa shape index (κ3) is 6.27. The van der Waals surface area contributed by atoms with Crippen LogP contribution in [0, 0.1) is 6.92 Å². The summed E-state index contributed by atoms with van der Waals surface area (Å²) in [6.07, 6.45) is -0.834. The summed E-state index contributed by atoms with van der Waals surface area (Å²) < 4.78 is 39.4. The molecule has 184 valence electrons. The molecule has 0 amide bonds. The summed E-state index contributed by atoms with van der Waals surface area (Å²) in [4.78, 5) is 16.2. The van der Waals surface area contributed by atoms with E-state index in [9.17, 15) is 13.2 Å². The van der Waals surface area contributed by atoms with E-state index in [-0.39, 0.29) is 0 Å². The number of piperidine rings is 1. The summed E-state index contributed by atoms with van der Waals surface area (Å²) in [5, 5.41) is 11.9. The van der Waals surface area contributed by atoms with Gasteiger partial charge in [0.2, 0.25) is 0 Å². The maximum Gasteiger partial charge on any atom is 0.490 e. The lowest BCUT2D eigenvalue weighted by molar-refractivity contribution is -0.192. The normalized spacial score (nSPS) is 15.1. The SMILES string of the molecule is Cc1ccc(CN2CCC(c3nc4ccc(-c5ccccc5)cn4n3)CC2)o1.O=C(O)C(F)(F)F. The van der Waals surface area contributed by atoms with Gasteiger partial charge in [-0.3, -0.25) is 4.90 Å². The molecule has 1 aliphatic heterocycles. The highest BCUT2D eigenvalue weighted by molar-refractivity contribution is 5.73. The number of alkyl halides is 3. The molecule has 4 aromatic rings. The fraction of sp³-hybridized carbons (Fsp3) is 0.320. The van der Waals surface area contributed by atoms with Gasteiger partial charge in [-0.25, -0.2) is 14.3 Å². The highest BCUT2D eigenvalue weighted by atomic mass is 19.4. The van der Waals surface area contributed by atoms with Crippen LogP contribution < -0.4 is 0 Å². The first-order valence-electron chi connectivity index (χ1n) is 11.2. The standard InChI is InChI=1S/C23H24N4O.C2HF3O2/c1-17-7-9-21(28-17)16-26-13-11-19(12-14-26)23-24-22-10-8-20(15-27(22)25-23)18-5-3-2-4-6-18;3-2(4,5)1(6)7/h2-10,15,19H,11-14,16H2,1H3;(H,6,7). The lowest BCUT2D eigenvalue weighted by Crippen LogP contribution is -2.32. The fourth-order valence-corrected chi connectivity index (χ4v) is 4.01. The smallest absolute Gasteiger partial charge is 0.475 e. The zero-order valence-electron chi connectivity index (χ0n) is 19.1. The van der Waals surface area contributed by atoms with Gasteiger partial charge in [0.15, 0.2) is 11.5 Å². The number of furan rings is 1. The number of pyridine rings is 1. The van der Waals surface area contributed by atoms with E-state index >= 15 is 0 Å². The first-order chi connectivity index (χ1) is 16.7. The molecule has 0 atom stereocenters. The average Bonchev–Trinajstić information content (AvgIpc) is 3.45. The van der Waals surface area contributed by atoms with Gasteiger partial charge in [-0.2, -0.15) is 18.3 Å². The Labute approximate surface area is 199 Å². The van der Waals surface area contributed by atoms with E-state index < -0.39 is 12.1 Å². The van der Waals surface area contributed by atoms with E-state index in [1.807, 2.05) is 23.6 Å². The van der Waals surface area contributed by atoms with Gasteiger partial charge >= 0.3 is 12.1 Å². The second-order valence-electron chi connectivity index (χ2n) is 8.42. The van der Waals surface area contributed by atoms with Gasteiger partial charge in [0, 0.05) is 17.7 Å². The summed E-state index contributed by atoms with van der Waals surface area (Å²) in [7, 11) is 0. The first-order valence-corrected chi connectivity index (χ1v) is 11.2. The molecule has 0 unspecified atom stereocenters. The second kappa shape index (κ2) is 10.3. The maximum atomic E-state index is 10.6. The molecule has 35 heavy (non-hydrogen) atoms. The zero-order chi connectivity index (χ0) is 25.0. The highest BCUT2D eigenvalue weighted by Crippen LogP contribution is 2.28. The maximum absolute atomic E-state index is 10.6. The molecule has 10 heteroatoms. The molecule has 3 aromatic heterocycles. The Bertz CT molecular complexity index is 1280. The molecular weight excluding hydrogens is 461 g/mol. The van der Waals surface area contributed by atoms with Crippen molar-refractivity contribution >= 4 is 11.6 Å². The van der Waals surface area contributed by atoms with Crippen molar-refractivity contribution in [3.05, 3.63) is 78.1 Å². The van der Waals surface area contributed by atoms with Crippen LogP contribution in [0.2, 0.25) is 0 Å². The van der Waals surface area contributed by atoms with Gasteiger partial charge in [-0.1, -0.05) is 30.3 Å². The van der Waals surface area contributed by atoms with Crippen LogP contribution in [0.4, 0.5) is 13.2 Å². The van der Waals surface area contributed by atoms with Crippen LogP contribution in [0.15, 0.2) is 65.2 Å². The molecule has 0 spiro atoms. The molecule has 1 N–H and O–H groups in total. The van der Waals surface area contributed by atoms with E-state index in [2.05, 4.69) is 53.6 Å². The minimum Gasteiger partial charge on any atom is -0.475 e. The van der Waals surface area contributed by atoms with Gasteiger partial charge in [0.25, 0.3) is 0 Å². The molecule has 0 radical (unpaired) electrons. The van der Waals surface area contributed by atoms with Crippen LogP contribution in [-0.2, 0) is 11.3 Å². The van der Waals surface area contributed by atoms with Gasteiger partial charge in [-0.05, 0) is 62.7 Å². The number of carboxylic acid groups (broad SMARTS) is 1. The van der Waals surface area contributed by atoms with Crippen molar-refractivity contribution in [3.63, 3.8) is 0 Å². The first kappa shape index (κ1) is 24.5. The zero-order valence-corrected chi connectivity index (χ0v) is 19.1. The molecule has 1 aromatic carbocycles. The number of fused-ring (bicyclic) bond motifs is 1. The molecule has 7 nitrogen and oxygen atoms in total. The summed E-state index contributed by atoms with van der Waals surface area (Å²) in [6, 6.07) is 18.7. The summed E-state index contributed by atoms with van der Waals surface area (Å²) in [5.74, 6) is 0.671.